The predicted octanol–water partition coefficient (Wildman–Crippen LogP) is 2.59. The van der Waals surface area contributed by atoms with Crippen LogP contribution >= 0.6 is 11.3 Å². The van der Waals surface area contributed by atoms with Gasteiger partial charge in [-0.15, -0.1) is 11.3 Å². The Morgan fingerprint density at radius 1 is 1.62 bits per heavy atom. The fourth-order valence-corrected chi connectivity index (χ4v) is 2.76. The number of thiazole rings is 1. The van der Waals surface area contributed by atoms with Gasteiger partial charge in [-0.3, -0.25) is 0 Å². The van der Waals surface area contributed by atoms with Gasteiger partial charge in [0.2, 0.25) is 0 Å². The maximum atomic E-state index is 11.4. The molecule has 0 aromatic carbocycles. The smallest absolute Gasteiger partial charge is 0.329 e. The minimum Gasteiger partial charge on any atom is -0.480 e. The molecule has 0 amide bonds. The van der Waals surface area contributed by atoms with Gasteiger partial charge in [-0.1, -0.05) is 6.92 Å². The monoisotopic (exact) mass is 240 g/mol. The number of nitrogens with zero attached hydrogens (tertiary/aromatic N) is 1. The fourth-order valence-electron chi connectivity index (χ4n) is 2.14. The lowest BCUT2D eigenvalue weighted by molar-refractivity contribution is -0.143. The Labute approximate surface area is 98.7 Å². The fraction of sp³-hybridized carbons (Fsp3) is 0.636. The standard InChI is InChI=1S/C11H16N2O2S/c1-8-2-4-11(5-3-8,9(14)15)13-10-12-6-7-16-10/h6-8H,2-5H2,1H3,(H,12,13)(H,14,15). The van der Waals surface area contributed by atoms with Crippen molar-refractivity contribution < 1.29 is 9.90 Å². The molecule has 0 saturated heterocycles. The second-order valence-corrected chi connectivity index (χ2v) is 5.43. The second-order valence-electron chi connectivity index (χ2n) is 4.53. The van der Waals surface area contributed by atoms with Crippen molar-refractivity contribution in [1.82, 2.24) is 4.98 Å². The summed E-state index contributed by atoms with van der Waals surface area (Å²) >= 11 is 1.45. The van der Waals surface area contributed by atoms with Crippen LogP contribution in [0.3, 0.4) is 0 Å². The summed E-state index contributed by atoms with van der Waals surface area (Å²) in [6.07, 6.45) is 4.98. The minimum atomic E-state index is -0.801. The number of carboxylic acids is 1. The van der Waals surface area contributed by atoms with Gasteiger partial charge in [0.25, 0.3) is 0 Å². The number of aromatic nitrogens is 1. The van der Waals surface area contributed by atoms with Crippen LogP contribution in [0, 0.1) is 5.92 Å². The topological polar surface area (TPSA) is 62.2 Å². The maximum absolute atomic E-state index is 11.4. The third-order valence-corrected chi connectivity index (χ3v) is 4.00. The molecule has 4 nitrogen and oxygen atoms in total. The van der Waals surface area contributed by atoms with Crippen LogP contribution in [0.15, 0.2) is 11.6 Å². The lowest BCUT2D eigenvalue weighted by Gasteiger charge is -2.36. The van der Waals surface area contributed by atoms with E-state index in [0.717, 1.165) is 12.8 Å². The maximum Gasteiger partial charge on any atom is 0.329 e. The van der Waals surface area contributed by atoms with Crippen molar-refractivity contribution in [3.8, 4) is 0 Å². The first-order valence-electron chi connectivity index (χ1n) is 5.53. The van der Waals surface area contributed by atoms with Crippen molar-refractivity contribution in [3.63, 3.8) is 0 Å². The molecule has 1 aliphatic carbocycles. The molecule has 0 radical (unpaired) electrons. The highest BCUT2D eigenvalue weighted by molar-refractivity contribution is 7.13. The van der Waals surface area contributed by atoms with Crippen LogP contribution in [0.1, 0.15) is 32.6 Å². The van der Waals surface area contributed by atoms with Crippen LogP contribution in [0.2, 0.25) is 0 Å². The van der Waals surface area contributed by atoms with E-state index in [-0.39, 0.29) is 0 Å². The normalized spacial score (nSPS) is 29.9. The van der Waals surface area contributed by atoms with Crippen LogP contribution in [-0.2, 0) is 4.79 Å². The Morgan fingerprint density at radius 2 is 2.31 bits per heavy atom. The molecule has 1 heterocycles. The number of hydrogen-bond acceptors (Lipinski definition) is 4. The molecule has 0 atom stereocenters. The molecule has 0 bridgehead atoms. The van der Waals surface area contributed by atoms with E-state index in [2.05, 4.69) is 17.2 Å². The van der Waals surface area contributed by atoms with Gasteiger partial charge in [0.15, 0.2) is 5.13 Å². The number of hydrogen-bond donors (Lipinski definition) is 2. The molecule has 5 heteroatoms. The number of carbonyl (C=O) groups is 1. The number of rotatable bonds is 3. The molecule has 16 heavy (non-hydrogen) atoms. The van der Waals surface area contributed by atoms with E-state index in [4.69, 9.17) is 0 Å². The molecular formula is C11H16N2O2S. The summed E-state index contributed by atoms with van der Waals surface area (Å²) in [4.78, 5) is 15.5. The molecule has 1 fully saturated rings. The van der Waals surface area contributed by atoms with E-state index < -0.39 is 11.5 Å². The summed E-state index contributed by atoms with van der Waals surface area (Å²) in [6.45, 7) is 2.18. The zero-order chi connectivity index (χ0) is 11.6. The summed E-state index contributed by atoms with van der Waals surface area (Å²) in [7, 11) is 0. The van der Waals surface area contributed by atoms with Gasteiger partial charge < -0.3 is 10.4 Å². The summed E-state index contributed by atoms with van der Waals surface area (Å²) in [5.41, 5.74) is -0.801. The van der Waals surface area contributed by atoms with Gasteiger partial charge >= 0.3 is 5.97 Å². The van der Waals surface area contributed by atoms with E-state index in [1.165, 1.54) is 11.3 Å². The Kier molecular flexibility index (Phi) is 3.14. The Morgan fingerprint density at radius 3 is 2.81 bits per heavy atom. The third-order valence-electron chi connectivity index (χ3n) is 3.32. The van der Waals surface area contributed by atoms with Gasteiger partial charge in [0, 0.05) is 11.6 Å². The van der Waals surface area contributed by atoms with Gasteiger partial charge in [-0.25, -0.2) is 9.78 Å². The minimum absolute atomic E-state index is 0.630. The average Bonchev–Trinajstić information content (AvgIpc) is 2.74. The van der Waals surface area contributed by atoms with E-state index in [0.29, 0.717) is 23.9 Å². The Balaban J connectivity index is 2.13. The van der Waals surface area contributed by atoms with E-state index in [9.17, 15) is 9.90 Å². The zero-order valence-corrected chi connectivity index (χ0v) is 10.1. The highest BCUT2D eigenvalue weighted by Gasteiger charge is 2.41. The predicted molar refractivity (Wildman–Crippen MR) is 63.7 cm³/mol. The first-order chi connectivity index (χ1) is 7.62. The van der Waals surface area contributed by atoms with Gasteiger partial charge in [0.1, 0.15) is 5.54 Å². The molecule has 1 saturated carbocycles. The van der Waals surface area contributed by atoms with Gasteiger partial charge in [-0.2, -0.15) is 0 Å². The van der Waals surface area contributed by atoms with Crippen molar-refractivity contribution >= 4 is 22.4 Å². The molecule has 1 aromatic heterocycles. The largest absolute Gasteiger partial charge is 0.480 e. The summed E-state index contributed by atoms with van der Waals surface area (Å²) in [6, 6.07) is 0. The van der Waals surface area contributed by atoms with E-state index in [1.807, 2.05) is 5.38 Å². The molecule has 88 valence electrons. The second kappa shape index (κ2) is 4.41. The van der Waals surface area contributed by atoms with Crippen molar-refractivity contribution in [2.45, 2.75) is 38.1 Å². The lowest BCUT2D eigenvalue weighted by atomic mass is 9.77. The average molecular weight is 240 g/mol. The van der Waals surface area contributed by atoms with E-state index in [1.54, 1.807) is 6.20 Å². The van der Waals surface area contributed by atoms with Crippen molar-refractivity contribution in [2.24, 2.45) is 5.92 Å². The number of anilines is 1. The summed E-state index contributed by atoms with van der Waals surface area (Å²) in [5.74, 6) is -0.125. The van der Waals surface area contributed by atoms with Crippen LogP contribution in [0.4, 0.5) is 5.13 Å². The highest BCUT2D eigenvalue weighted by Crippen LogP contribution is 2.35. The first kappa shape index (κ1) is 11.4. The molecule has 2 N–H and O–H groups in total. The highest BCUT2D eigenvalue weighted by atomic mass is 32.1. The van der Waals surface area contributed by atoms with Crippen LogP contribution < -0.4 is 5.32 Å². The molecular weight excluding hydrogens is 224 g/mol. The van der Waals surface area contributed by atoms with Crippen LogP contribution in [0.25, 0.3) is 0 Å². The SMILES string of the molecule is CC1CCC(Nc2nccs2)(C(=O)O)CC1. The summed E-state index contributed by atoms with van der Waals surface area (Å²) < 4.78 is 0. The van der Waals surface area contributed by atoms with Crippen molar-refractivity contribution in [2.75, 3.05) is 5.32 Å². The van der Waals surface area contributed by atoms with Crippen molar-refractivity contribution in [1.29, 1.82) is 0 Å². The number of carboxylic acid groups (broad SMARTS) is 1. The van der Waals surface area contributed by atoms with Gasteiger partial charge in [-0.05, 0) is 31.6 Å². The third kappa shape index (κ3) is 2.19. The molecule has 1 aliphatic rings. The quantitative estimate of drug-likeness (QED) is 0.852. The van der Waals surface area contributed by atoms with Crippen LogP contribution in [0.5, 0.6) is 0 Å². The summed E-state index contributed by atoms with van der Waals surface area (Å²) in [5, 5.41) is 15.0. The Bertz CT molecular complexity index is 356. The van der Waals surface area contributed by atoms with E-state index >= 15 is 0 Å². The number of nitrogens with one attached hydrogen (secondary N) is 1. The number of aliphatic carboxylic acids is 1. The first-order valence-corrected chi connectivity index (χ1v) is 6.41. The molecule has 1 aromatic rings. The van der Waals surface area contributed by atoms with Crippen LogP contribution in [-0.4, -0.2) is 21.6 Å². The van der Waals surface area contributed by atoms with Gasteiger partial charge in [0.05, 0.1) is 0 Å². The lowest BCUT2D eigenvalue weighted by Crippen LogP contribution is -2.48. The molecule has 0 aliphatic heterocycles. The molecule has 0 unspecified atom stereocenters. The Hall–Kier alpha value is -1.10. The molecule has 0 spiro atoms. The molecule has 2 rings (SSSR count). The zero-order valence-electron chi connectivity index (χ0n) is 9.27. The van der Waals surface area contributed by atoms with Crippen molar-refractivity contribution in [3.05, 3.63) is 11.6 Å².